The first-order chi connectivity index (χ1) is 12.2. The average Bonchev–Trinajstić information content (AvgIpc) is 2.61. The third kappa shape index (κ3) is 19.2. The van der Waals surface area contributed by atoms with E-state index in [9.17, 15) is 4.80 Å². The quantitative estimate of drug-likeness (QED) is 0.243. The molecule has 26 heavy (non-hydrogen) atoms. The Morgan fingerprint density at radius 3 is 1.19 bits per heavy atom. The Hall–Kier alpha value is 0.427. The summed E-state index contributed by atoms with van der Waals surface area (Å²) >= 11 is 0. The lowest BCUT2D eigenvalue weighted by atomic mass is 10.0. The molecule has 160 valence electrons. The maximum absolute atomic E-state index is 9.65. The van der Waals surface area contributed by atoms with Gasteiger partial charge >= 0.3 is 9.92 Å². The van der Waals surface area contributed by atoms with Crippen LogP contribution in [0.1, 0.15) is 123 Å². The molecule has 0 heterocycles. The predicted octanol–water partition coefficient (Wildman–Crippen LogP) is 3.10. The summed E-state index contributed by atoms with van der Waals surface area (Å²) < 4.78 is 0.981. The Bertz CT molecular complexity index is 269. The lowest BCUT2D eigenvalue weighted by molar-refractivity contribution is -0.807. The molecule has 0 aliphatic carbocycles. The Kier molecular flexibility index (Phi) is 23.9. The van der Waals surface area contributed by atoms with Crippen LogP contribution in [-0.4, -0.2) is 39.0 Å². The molecule has 1 atom stereocenters. The van der Waals surface area contributed by atoms with Gasteiger partial charge in [-0.1, -0.05) is 104 Å². The molecule has 0 aromatic heterocycles. The molecule has 0 rings (SSSR count). The monoisotopic (exact) mass is 407 g/mol. The first-order valence-corrected chi connectivity index (χ1v) is 12.9. The van der Waals surface area contributed by atoms with Gasteiger partial charge in [-0.15, -0.1) is 0 Å². The van der Waals surface area contributed by atoms with Crippen molar-refractivity contribution in [1.82, 2.24) is 0 Å². The van der Waals surface area contributed by atoms with Crippen LogP contribution in [0.3, 0.4) is 0 Å². The minimum Gasteiger partial charge on any atom is -1.00 e. The minimum absolute atomic E-state index is 0. The number of hydrogen-bond acceptors (Lipinski definition) is 1. The van der Waals surface area contributed by atoms with Gasteiger partial charge in [-0.25, -0.2) is 0 Å². The van der Waals surface area contributed by atoms with Gasteiger partial charge in [0.2, 0.25) is 0 Å². The number of rotatable bonds is 20. The van der Waals surface area contributed by atoms with Gasteiger partial charge in [-0.3, -0.25) is 0 Å². The number of hydrogen-bond donors (Lipinski definition) is 1. The summed E-state index contributed by atoms with van der Waals surface area (Å²) in [4.78, 5) is 9.65. The molecule has 0 fully saturated rings. The molecule has 0 aliphatic rings. The van der Waals surface area contributed by atoms with Crippen LogP contribution in [0.15, 0.2) is 0 Å². The van der Waals surface area contributed by atoms with Crippen molar-refractivity contribution in [2.24, 2.45) is 0 Å². The number of halogens is 1. The second-order valence-corrected chi connectivity index (χ2v) is 10.3. The number of quaternary nitrogens is 1. The van der Waals surface area contributed by atoms with Crippen LogP contribution in [-0.2, 0) is 0 Å². The van der Waals surface area contributed by atoms with Gasteiger partial charge in [0.05, 0.1) is 20.1 Å². The van der Waals surface area contributed by atoms with E-state index < -0.39 is 9.92 Å². The van der Waals surface area contributed by atoms with E-state index in [0.717, 1.165) is 4.15 Å². The number of nitrogens with zero attached hydrogens (tertiary/aromatic N) is 1. The standard InChI is InChI=1S/C22H50NOSi.ClH/c1-4-6-7-8-9-10-11-12-13-14-15-16-17-18-19-20-22-23(3,25-24)21-5-2;/h24H,4-22,25H2,1-3H3;1H/q+1;/p-1. The Morgan fingerprint density at radius 2 is 0.885 bits per heavy atom. The topological polar surface area (TPSA) is 20.2 Å². The second kappa shape index (κ2) is 21.7. The van der Waals surface area contributed by atoms with Crippen LogP contribution in [0.5, 0.6) is 0 Å². The van der Waals surface area contributed by atoms with Crippen LogP contribution >= 0.6 is 0 Å². The molecule has 0 spiro atoms. The van der Waals surface area contributed by atoms with Crippen LogP contribution in [0.2, 0.25) is 0 Å². The van der Waals surface area contributed by atoms with E-state index in [2.05, 4.69) is 20.9 Å². The predicted molar refractivity (Wildman–Crippen MR) is 117 cm³/mol. The molecule has 0 aromatic carbocycles. The van der Waals surface area contributed by atoms with Gasteiger partial charge in [-0.2, -0.15) is 0 Å². The zero-order chi connectivity index (χ0) is 18.6. The van der Waals surface area contributed by atoms with E-state index in [4.69, 9.17) is 0 Å². The summed E-state index contributed by atoms with van der Waals surface area (Å²) in [5, 5.41) is 0. The molecular formula is C22H50ClNOSi. The van der Waals surface area contributed by atoms with Crippen LogP contribution in [0, 0.1) is 0 Å². The van der Waals surface area contributed by atoms with E-state index in [1.807, 2.05) is 0 Å². The SMILES string of the molecule is CCCCCCCCCCCCCCCCCC[N+](C)(CCC)[SiH2]O.[Cl-]. The highest BCUT2D eigenvalue weighted by Gasteiger charge is 2.18. The highest BCUT2D eigenvalue weighted by atomic mass is 35.5. The molecule has 2 nitrogen and oxygen atoms in total. The lowest BCUT2D eigenvalue weighted by Gasteiger charge is -2.33. The molecular weight excluding hydrogens is 358 g/mol. The van der Waals surface area contributed by atoms with E-state index in [1.165, 1.54) is 122 Å². The molecule has 1 unspecified atom stereocenters. The lowest BCUT2D eigenvalue weighted by Crippen LogP contribution is -3.00. The molecule has 0 saturated heterocycles. The van der Waals surface area contributed by atoms with Crippen molar-refractivity contribution in [2.75, 3.05) is 20.1 Å². The molecule has 0 aromatic rings. The average molecular weight is 408 g/mol. The summed E-state index contributed by atoms with van der Waals surface area (Å²) in [5.41, 5.74) is 0. The van der Waals surface area contributed by atoms with E-state index >= 15 is 0 Å². The molecule has 0 radical (unpaired) electrons. The molecule has 0 aliphatic heterocycles. The van der Waals surface area contributed by atoms with Gasteiger partial charge in [0, 0.05) is 0 Å². The van der Waals surface area contributed by atoms with Crippen molar-refractivity contribution >= 4 is 9.92 Å². The van der Waals surface area contributed by atoms with Crippen molar-refractivity contribution in [3.8, 4) is 0 Å². The fourth-order valence-electron chi connectivity index (χ4n) is 3.83. The van der Waals surface area contributed by atoms with Gasteiger partial charge in [-0.05, 0) is 19.3 Å². The summed E-state index contributed by atoms with van der Waals surface area (Å²) in [6.45, 7) is 6.89. The van der Waals surface area contributed by atoms with Crippen molar-refractivity contribution < 1.29 is 21.4 Å². The smallest absolute Gasteiger partial charge is 0.403 e. The van der Waals surface area contributed by atoms with Gasteiger partial charge in [0.15, 0.2) is 0 Å². The number of unbranched alkanes of at least 4 members (excludes halogenated alkanes) is 15. The Balaban J connectivity index is 0. The maximum atomic E-state index is 9.65. The maximum Gasteiger partial charge on any atom is 0.403 e. The highest BCUT2D eigenvalue weighted by Crippen LogP contribution is 2.14. The van der Waals surface area contributed by atoms with Gasteiger partial charge in [0.25, 0.3) is 0 Å². The Morgan fingerprint density at radius 1 is 0.538 bits per heavy atom. The highest BCUT2D eigenvalue weighted by molar-refractivity contribution is 6.14. The van der Waals surface area contributed by atoms with Crippen molar-refractivity contribution in [3.05, 3.63) is 0 Å². The van der Waals surface area contributed by atoms with E-state index in [-0.39, 0.29) is 12.4 Å². The molecule has 1 N–H and O–H groups in total. The summed E-state index contributed by atoms with van der Waals surface area (Å²) in [6.07, 6.45) is 24.1. The van der Waals surface area contributed by atoms with Crippen LogP contribution < -0.4 is 12.4 Å². The van der Waals surface area contributed by atoms with Crippen molar-refractivity contribution in [3.63, 3.8) is 0 Å². The largest absolute Gasteiger partial charge is 1.00 e. The van der Waals surface area contributed by atoms with E-state index in [0.29, 0.717) is 0 Å². The van der Waals surface area contributed by atoms with E-state index in [1.54, 1.807) is 0 Å². The second-order valence-electron chi connectivity index (χ2n) is 8.51. The van der Waals surface area contributed by atoms with Gasteiger partial charge < -0.3 is 21.4 Å². The Labute approximate surface area is 174 Å². The zero-order valence-electron chi connectivity index (χ0n) is 18.4. The summed E-state index contributed by atoms with van der Waals surface area (Å²) in [7, 11) is 1.34. The normalized spacial score (nSPS) is 13.8. The molecule has 4 heteroatoms. The van der Waals surface area contributed by atoms with Crippen LogP contribution in [0.25, 0.3) is 0 Å². The third-order valence-electron chi connectivity index (χ3n) is 5.66. The fourth-order valence-corrected chi connectivity index (χ4v) is 4.66. The van der Waals surface area contributed by atoms with Crippen LogP contribution in [0.4, 0.5) is 0 Å². The first-order valence-electron chi connectivity index (χ1n) is 11.6. The van der Waals surface area contributed by atoms with Crippen molar-refractivity contribution in [1.29, 1.82) is 0 Å². The summed E-state index contributed by atoms with van der Waals surface area (Å²) in [5.74, 6) is 0. The van der Waals surface area contributed by atoms with Gasteiger partial charge in [0.1, 0.15) is 0 Å². The summed E-state index contributed by atoms with van der Waals surface area (Å²) in [6, 6.07) is 0. The molecule has 0 bridgehead atoms. The molecule has 0 amide bonds. The first kappa shape index (κ1) is 28.6. The minimum atomic E-state index is -0.908. The zero-order valence-corrected chi connectivity index (χ0v) is 20.6. The fraction of sp³-hybridized carbons (Fsp3) is 1.00. The van der Waals surface area contributed by atoms with Crippen molar-refractivity contribution in [2.45, 2.75) is 123 Å². The molecule has 0 saturated carbocycles. The third-order valence-corrected chi connectivity index (χ3v) is 6.97.